The lowest BCUT2D eigenvalue weighted by molar-refractivity contribution is -0.141. The van der Waals surface area contributed by atoms with Gasteiger partial charge in [0.25, 0.3) is 0 Å². The lowest BCUT2D eigenvalue weighted by atomic mass is 10.1. The number of carbonyl (C=O) groups is 2. The molecule has 2 aliphatic rings. The van der Waals surface area contributed by atoms with Crippen molar-refractivity contribution in [3.8, 4) is 0 Å². The summed E-state index contributed by atoms with van der Waals surface area (Å²) in [5.41, 5.74) is 6.38. The van der Waals surface area contributed by atoms with Gasteiger partial charge in [-0.05, 0) is 30.1 Å². The van der Waals surface area contributed by atoms with Crippen LogP contribution in [0.3, 0.4) is 0 Å². The van der Waals surface area contributed by atoms with Gasteiger partial charge in [-0.1, -0.05) is 11.8 Å². The van der Waals surface area contributed by atoms with E-state index >= 15 is 0 Å². The average molecular weight is 385 g/mol. The number of likely N-dealkylation sites (N-methyl/N-ethyl adjacent to an activating group) is 1. The summed E-state index contributed by atoms with van der Waals surface area (Å²) in [6.45, 7) is 1.43. The normalized spacial score (nSPS) is 25.6. The first kappa shape index (κ1) is 18.2. The zero-order valence-corrected chi connectivity index (χ0v) is 15.4. The van der Waals surface area contributed by atoms with Gasteiger partial charge in [0.05, 0.1) is 6.54 Å². The van der Waals surface area contributed by atoms with Gasteiger partial charge in [0.2, 0.25) is 11.1 Å². The maximum Gasteiger partial charge on any atom is 0.321 e. The quantitative estimate of drug-likeness (QED) is 0.441. The molecule has 1 fully saturated rings. The Morgan fingerprint density at radius 2 is 2.28 bits per heavy atom. The Morgan fingerprint density at radius 1 is 1.52 bits per heavy atom. The number of nitrogens with two attached hydrogens (primary N) is 1. The fraction of sp³-hybridized carbons (Fsp3) is 0.615. The summed E-state index contributed by atoms with van der Waals surface area (Å²) in [6.07, 6.45) is 1.62. The molecule has 136 valence electrons. The molecule has 1 unspecified atom stereocenters. The Bertz CT molecular complexity index is 708. The number of aromatic nitrogens is 4. The molecule has 0 bridgehead atoms. The standard InChI is InChI=1S/C13H19N7O3S2/c1-18(2)3-4-20-13(15-16-17-20)24-6-7-5-19-10(21)8(14)11(19)25-9(7)12(22)23/h5,8-9,11H,3-4,6,14H2,1-2H3,(H,22,23)/t8-,9?,11-/m1/s1. The summed E-state index contributed by atoms with van der Waals surface area (Å²) in [5.74, 6) is -0.729. The SMILES string of the molecule is CN(C)CCn1nnnc1SCC1=CN2C(=O)[C@@H](N)[C@H]2SC1C(=O)O. The van der Waals surface area contributed by atoms with E-state index in [1.54, 1.807) is 10.9 Å². The molecule has 0 saturated carbocycles. The molecular formula is C13H19N7O3S2. The van der Waals surface area contributed by atoms with E-state index in [9.17, 15) is 14.7 Å². The van der Waals surface area contributed by atoms with Crippen LogP contribution in [-0.4, -0.2) is 90.0 Å². The smallest absolute Gasteiger partial charge is 0.321 e. The van der Waals surface area contributed by atoms with E-state index in [0.717, 1.165) is 6.54 Å². The van der Waals surface area contributed by atoms with Crippen LogP contribution in [0.4, 0.5) is 0 Å². The van der Waals surface area contributed by atoms with Gasteiger partial charge in [-0.2, -0.15) is 0 Å². The molecule has 1 saturated heterocycles. The van der Waals surface area contributed by atoms with Gasteiger partial charge in [0, 0.05) is 18.5 Å². The molecule has 3 N–H and O–H groups in total. The van der Waals surface area contributed by atoms with Gasteiger partial charge in [-0.25, -0.2) is 4.68 Å². The van der Waals surface area contributed by atoms with Crippen molar-refractivity contribution in [2.24, 2.45) is 5.73 Å². The number of aliphatic carboxylic acids is 1. The van der Waals surface area contributed by atoms with Crippen LogP contribution < -0.4 is 5.73 Å². The largest absolute Gasteiger partial charge is 0.480 e. The maximum absolute atomic E-state index is 11.8. The summed E-state index contributed by atoms with van der Waals surface area (Å²) in [6, 6.07) is -0.629. The third kappa shape index (κ3) is 3.66. The molecule has 12 heteroatoms. The van der Waals surface area contributed by atoms with E-state index in [1.165, 1.54) is 28.4 Å². The zero-order valence-electron chi connectivity index (χ0n) is 13.8. The fourth-order valence-corrected chi connectivity index (χ4v) is 4.79. The summed E-state index contributed by atoms with van der Waals surface area (Å²) in [4.78, 5) is 26.9. The molecule has 0 aromatic carbocycles. The minimum absolute atomic E-state index is 0.181. The first-order chi connectivity index (χ1) is 11.9. The molecular weight excluding hydrogens is 366 g/mol. The predicted octanol–water partition coefficient (Wildman–Crippen LogP) is -1.09. The summed E-state index contributed by atoms with van der Waals surface area (Å²) >= 11 is 2.56. The van der Waals surface area contributed by atoms with E-state index < -0.39 is 17.3 Å². The maximum atomic E-state index is 11.8. The second-order valence-corrected chi connectivity index (χ2v) is 8.17. The molecule has 3 rings (SSSR count). The molecule has 10 nitrogen and oxygen atoms in total. The van der Waals surface area contributed by atoms with E-state index in [2.05, 4.69) is 15.5 Å². The molecule has 3 heterocycles. The first-order valence-corrected chi connectivity index (χ1v) is 9.51. The van der Waals surface area contributed by atoms with Gasteiger partial charge in [-0.3, -0.25) is 9.59 Å². The number of hydrogen-bond donors (Lipinski definition) is 2. The number of carboxylic acids is 1. The number of β-lactam (4-membered cyclic amide) rings is 1. The third-order valence-corrected chi connectivity index (χ3v) is 6.49. The van der Waals surface area contributed by atoms with Gasteiger partial charge >= 0.3 is 5.97 Å². The van der Waals surface area contributed by atoms with E-state index in [4.69, 9.17) is 5.73 Å². The number of carboxylic acid groups (broad SMARTS) is 1. The number of thioether (sulfide) groups is 2. The van der Waals surface area contributed by atoms with Crippen molar-refractivity contribution in [1.82, 2.24) is 30.0 Å². The number of amides is 1. The molecule has 25 heavy (non-hydrogen) atoms. The Balaban J connectivity index is 1.69. The zero-order chi connectivity index (χ0) is 18.1. The number of nitrogens with zero attached hydrogens (tertiary/aromatic N) is 6. The van der Waals surface area contributed by atoms with Crippen LogP contribution in [0.1, 0.15) is 0 Å². The highest BCUT2D eigenvalue weighted by atomic mass is 32.2. The second-order valence-electron chi connectivity index (χ2n) is 6.00. The van der Waals surface area contributed by atoms with Crippen LogP contribution in [0.5, 0.6) is 0 Å². The van der Waals surface area contributed by atoms with Crippen LogP contribution in [-0.2, 0) is 16.1 Å². The number of hydrogen-bond acceptors (Lipinski definition) is 9. The van der Waals surface area contributed by atoms with Gasteiger partial charge in [0.15, 0.2) is 0 Å². The van der Waals surface area contributed by atoms with Crippen LogP contribution in [0.2, 0.25) is 0 Å². The highest BCUT2D eigenvalue weighted by molar-refractivity contribution is 8.02. The van der Waals surface area contributed by atoms with Gasteiger partial charge in [0.1, 0.15) is 16.7 Å². The van der Waals surface area contributed by atoms with Crippen molar-refractivity contribution in [2.45, 2.75) is 28.4 Å². The molecule has 0 aliphatic carbocycles. The van der Waals surface area contributed by atoms with E-state index in [1.807, 2.05) is 19.0 Å². The van der Waals surface area contributed by atoms with E-state index in [0.29, 0.717) is 23.0 Å². The highest BCUT2D eigenvalue weighted by Gasteiger charge is 2.50. The lowest BCUT2D eigenvalue weighted by Gasteiger charge is -2.47. The summed E-state index contributed by atoms with van der Waals surface area (Å²) in [7, 11) is 3.92. The lowest BCUT2D eigenvalue weighted by Crippen LogP contribution is -2.67. The topological polar surface area (TPSA) is 130 Å². The summed E-state index contributed by atoms with van der Waals surface area (Å²) in [5, 5.41) is 20.7. The van der Waals surface area contributed by atoms with Crippen LogP contribution in [0.25, 0.3) is 0 Å². The number of carbonyl (C=O) groups excluding carboxylic acids is 1. The average Bonchev–Trinajstić information content (AvgIpc) is 3.03. The van der Waals surface area contributed by atoms with Crippen molar-refractivity contribution in [1.29, 1.82) is 0 Å². The molecule has 1 amide bonds. The molecule has 0 radical (unpaired) electrons. The number of fused-ring (bicyclic) bond motifs is 1. The molecule has 1 aromatic heterocycles. The first-order valence-electron chi connectivity index (χ1n) is 7.59. The number of tetrazole rings is 1. The molecule has 2 aliphatic heterocycles. The fourth-order valence-electron chi connectivity index (χ4n) is 2.48. The van der Waals surface area contributed by atoms with E-state index in [-0.39, 0.29) is 11.3 Å². The Kier molecular flexibility index (Phi) is 5.32. The monoisotopic (exact) mass is 385 g/mol. The van der Waals surface area contributed by atoms with Gasteiger partial charge < -0.3 is 20.6 Å². The Morgan fingerprint density at radius 3 is 2.96 bits per heavy atom. The minimum atomic E-state index is -0.935. The minimum Gasteiger partial charge on any atom is -0.480 e. The Labute approximate surface area is 152 Å². The van der Waals surface area contributed by atoms with Gasteiger partial charge in [-0.15, -0.1) is 16.9 Å². The van der Waals surface area contributed by atoms with Crippen LogP contribution in [0, 0.1) is 0 Å². The van der Waals surface area contributed by atoms with Crippen molar-refractivity contribution in [3.05, 3.63) is 11.8 Å². The van der Waals surface area contributed by atoms with Crippen LogP contribution in [0.15, 0.2) is 16.9 Å². The predicted molar refractivity (Wildman–Crippen MR) is 92.8 cm³/mol. The Hall–Kier alpha value is -1.63. The third-order valence-electron chi connectivity index (χ3n) is 3.89. The van der Waals surface area contributed by atoms with Crippen molar-refractivity contribution in [2.75, 3.05) is 26.4 Å². The molecule has 3 atom stereocenters. The molecule has 1 aromatic rings. The summed E-state index contributed by atoms with van der Waals surface area (Å²) < 4.78 is 1.68. The number of rotatable bonds is 7. The van der Waals surface area contributed by atoms with Crippen molar-refractivity contribution in [3.63, 3.8) is 0 Å². The van der Waals surface area contributed by atoms with Crippen molar-refractivity contribution < 1.29 is 14.7 Å². The highest BCUT2D eigenvalue weighted by Crippen LogP contribution is 2.41. The molecule has 0 spiro atoms. The van der Waals surface area contributed by atoms with Crippen molar-refractivity contribution >= 4 is 35.4 Å². The second kappa shape index (κ2) is 7.32. The van der Waals surface area contributed by atoms with Crippen LogP contribution >= 0.6 is 23.5 Å².